The van der Waals surface area contributed by atoms with Crippen molar-refractivity contribution in [2.45, 2.75) is 25.0 Å². The van der Waals surface area contributed by atoms with Gasteiger partial charge in [0.25, 0.3) is 11.5 Å². The highest BCUT2D eigenvalue weighted by Crippen LogP contribution is 2.29. The Kier molecular flexibility index (Phi) is 5.80. The molecule has 9 nitrogen and oxygen atoms in total. The van der Waals surface area contributed by atoms with E-state index in [1.54, 1.807) is 30.3 Å². The van der Waals surface area contributed by atoms with Crippen LogP contribution in [0, 0.1) is 0 Å². The van der Waals surface area contributed by atoms with E-state index in [2.05, 4.69) is 20.7 Å². The van der Waals surface area contributed by atoms with Crippen LogP contribution in [0.2, 0.25) is 0 Å². The predicted octanol–water partition coefficient (Wildman–Crippen LogP) is 2.24. The van der Waals surface area contributed by atoms with Gasteiger partial charge in [0, 0.05) is 11.8 Å². The second-order valence-corrected chi connectivity index (χ2v) is 7.39. The fraction of sp³-hybridized carbons (Fsp3) is 0.174. The molecule has 3 aromatic rings. The Hall–Kier alpha value is -4.27. The van der Waals surface area contributed by atoms with Crippen molar-refractivity contribution < 1.29 is 19.5 Å². The van der Waals surface area contributed by atoms with Gasteiger partial charge in [0.05, 0.1) is 29.8 Å². The van der Waals surface area contributed by atoms with Crippen molar-refractivity contribution in [1.82, 2.24) is 15.5 Å². The number of nitrogens with zero attached hydrogens (tertiary/aromatic N) is 2. The van der Waals surface area contributed by atoms with Crippen LogP contribution < -0.4 is 10.9 Å². The van der Waals surface area contributed by atoms with Gasteiger partial charge >= 0.3 is 5.97 Å². The largest absolute Gasteiger partial charge is 0.481 e. The van der Waals surface area contributed by atoms with Gasteiger partial charge in [0.1, 0.15) is 0 Å². The molecule has 1 unspecified atom stereocenters. The minimum absolute atomic E-state index is 0.00820. The molecule has 3 N–H and O–H groups in total. The number of fused-ring (bicyclic) bond motifs is 1. The van der Waals surface area contributed by atoms with Gasteiger partial charge in [-0.15, -0.1) is 0 Å². The van der Waals surface area contributed by atoms with Gasteiger partial charge in [-0.05, 0) is 17.7 Å². The maximum atomic E-state index is 13.0. The molecule has 0 saturated heterocycles. The lowest BCUT2D eigenvalue weighted by atomic mass is 9.92. The molecule has 1 amide bonds. The summed E-state index contributed by atoms with van der Waals surface area (Å²) in [6.45, 7) is -0.0178. The maximum absolute atomic E-state index is 13.0. The van der Waals surface area contributed by atoms with Crippen LogP contribution in [0.25, 0.3) is 16.8 Å². The van der Waals surface area contributed by atoms with Crippen molar-refractivity contribution in [3.05, 3.63) is 82.3 Å². The molecule has 0 saturated carbocycles. The predicted molar refractivity (Wildman–Crippen MR) is 118 cm³/mol. The van der Waals surface area contributed by atoms with Gasteiger partial charge in [-0.3, -0.25) is 14.4 Å². The van der Waals surface area contributed by atoms with Crippen LogP contribution in [0.5, 0.6) is 0 Å². The zero-order valence-electron chi connectivity index (χ0n) is 16.9. The number of allylic oxidation sites excluding steroid dienone is 1. The van der Waals surface area contributed by atoms with Gasteiger partial charge in [-0.1, -0.05) is 59.8 Å². The number of H-pyrrole nitrogens is 1. The van der Waals surface area contributed by atoms with Gasteiger partial charge in [-0.25, -0.2) is 5.10 Å². The third-order valence-electron chi connectivity index (χ3n) is 5.11. The minimum Gasteiger partial charge on any atom is -0.481 e. The summed E-state index contributed by atoms with van der Waals surface area (Å²) in [5.74, 6) is -1.81. The van der Waals surface area contributed by atoms with Crippen LogP contribution in [0.15, 0.2) is 70.6 Å². The number of carboxylic acids is 1. The lowest BCUT2D eigenvalue weighted by molar-refractivity contribution is -0.156. The number of aliphatic carboxylic acids is 1. The molecule has 32 heavy (non-hydrogen) atoms. The van der Waals surface area contributed by atoms with Crippen LogP contribution in [0.3, 0.4) is 0 Å². The Morgan fingerprint density at radius 3 is 2.56 bits per heavy atom. The molecule has 2 heterocycles. The van der Waals surface area contributed by atoms with E-state index >= 15 is 0 Å². The van der Waals surface area contributed by atoms with E-state index in [1.165, 1.54) is 0 Å². The van der Waals surface area contributed by atoms with Crippen molar-refractivity contribution in [3.8, 4) is 0 Å². The zero-order chi connectivity index (χ0) is 22.6. The molecule has 162 valence electrons. The summed E-state index contributed by atoms with van der Waals surface area (Å²) in [5, 5.41) is 23.4. The first-order valence-corrected chi connectivity index (χ1v) is 9.91. The van der Waals surface area contributed by atoms with E-state index in [4.69, 9.17) is 4.84 Å². The monoisotopic (exact) mass is 432 g/mol. The quantitative estimate of drug-likeness (QED) is 0.524. The van der Waals surface area contributed by atoms with Crippen molar-refractivity contribution in [2.75, 3.05) is 0 Å². The van der Waals surface area contributed by atoms with Gasteiger partial charge in [0.2, 0.25) is 5.60 Å². The average molecular weight is 432 g/mol. The summed E-state index contributed by atoms with van der Waals surface area (Å²) >= 11 is 0. The molecule has 4 rings (SSSR count). The Balaban J connectivity index is 1.50. The van der Waals surface area contributed by atoms with Crippen molar-refractivity contribution >= 4 is 34.4 Å². The Morgan fingerprint density at radius 1 is 1.09 bits per heavy atom. The maximum Gasteiger partial charge on any atom is 0.308 e. The first-order valence-electron chi connectivity index (χ1n) is 9.91. The molecule has 1 aliphatic heterocycles. The lowest BCUT2D eigenvalue weighted by Gasteiger charge is -2.23. The average Bonchev–Trinajstić information content (AvgIpc) is 3.21. The molecule has 0 aliphatic carbocycles. The number of carboxylic acid groups (broad SMARTS) is 1. The van der Waals surface area contributed by atoms with E-state index in [-0.39, 0.29) is 18.5 Å². The van der Waals surface area contributed by atoms with Crippen molar-refractivity contribution in [2.24, 2.45) is 5.16 Å². The topological polar surface area (TPSA) is 134 Å². The summed E-state index contributed by atoms with van der Waals surface area (Å²) in [5.41, 5.74) is -0.160. The number of hydrogen-bond donors (Lipinski definition) is 3. The zero-order valence-corrected chi connectivity index (χ0v) is 16.9. The van der Waals surface area contributed by atoms with Crippen LogP contribution in [0.4, 0.5) is 0 Å². The number of rotatable bonds is 7. The fourth-order valence-corrected chi connectivity index (χ4v) is 3.52. The van der Waals surface area contributed by atoms with Crippen LogP contribution in [0.1, 0.15) is 24.1 Å². The standard InChI is InChI=1S/C23H20N4O5/c28-20(29)13-23(12-16(27-32-23)11-10-15-6-2-1-3-7-15)22(31)24-14-19-17-8-4-5-9-18(17)21(30)26-25-19/h1-11H,12-14H2,(H,24,31)(H,26,30)(H,28,29). The SMILES string of the molecule is O=C(O)CC1(C(=O)NCc2n[nH]c(=O)c3ccccc23)CC(C=Cc2ccccc2)=NO1. The molecule has 0 fully saturated rings. The van der Waals surface area contributed by atoms with E-state index < -0.39 is 23.9 Å². The first kappa shape index (κ1) is 21.0. The first-order chi connectivity index (χ1) is 15.5. The molecule has 1 atom stereocenters. The number of nitrogens with one attached hydrogen (secondary N) is 2. The minimum atomic E-state index is -1.67. The van der Waals surface area contributed by atoms with E-state index in [0.717, 1.165) is 5.56 Å². The third-order valence-corrected chi connectivity index (χ3v) is 5.11. The van der Waals surface area contributed by atoms with Gasteiger partial charge in [-0.2, -0.15) is 5.10 Å². The molecule has 2 aromatic carbocycles. The van der Waals surface area contributed by atoms with Crippen LogP contribution in [-0.4, -0.2) is 38.5 Å². The second-order valence-electron chi connectivity index (χ2n) is 7.39. The Labute approximate surface area is 182 Å². The van der Waals surface area contributed by atoms with Gasteiger partial charge in [0.15, 0.2) is 0 Å². The summed E-state index contributed by atoms with van der Waals surface area (Å²) in [6.07, 6.45) is 2.97. The molecule has 0 radical (unpaired) electrons. The fourth-order valence-electron chi connectivity index (χ4n) is 3.52. The number of aromatic nitrogens is 2. The number of aromatic amines is 1. The number of hydrogen-bond acceptors (Lipinski definition) is 6. The smallest absolute Gasteiger partial charge is 0.308 e. The summed E-state index contributed by atoms with van der Waals surface area (Å²) in [6, 6.07) is 16.4. The highest BCUT2D eigenvalue weighted by atomic mass is 16.7. The molecule has 0 bridgehead atoms. The highest BCUT2D eigenvalue weighted by Gasteiger charge is 2.48. The highest BCUT2D eigenvalue weighted by molar-refractivity contribution is 6.04. The molecule has 1 aromatic heterocycles. The summed E-state index contributed by atoms with van der Waals surface area (Å²) in [4.78, 5) is 41.8. The van der Waals surface area contributed by atoms with Crippen molar-refractivity contribution in [1.29, 1.82) is 0 Å². The number of benzene rings is 2. The third kappa shape index (κ3) is 4.41. The normalized spacial score (nSPS) is 17.8. The number of carbonyl (C=O) groups excluding carboxylic acids is 1. The summed E-state index contributed by atoms with van der Waals surface area (Å²) < 4.78 is 0. The lowest BCUT2D eigenvalue weighted by Crippen LogP contribution is -2.48. The van der Waals surface area contributed by atoms with Gasteiger partial charge < -0.3 is 15.3 Å². The Morgan fingerprint density at radius 2 is 1.81 bits per heavy atom. The van der Waals surface area contributed by atoms with Crippen LogP contribution in [-0.2, 0) is 21.0 Å². The van der Waals surface area contributed by atoms with Crippen LogP contribution >= 0.6 is 0 Å². The Bertz CT molecular complexity index is 1280. The van der Waals surface area contributed by atoms with E-state index in [1.807, 2.05) is 36.4 Å². The molecular formula is C23H20N4O5. The molecule has 1 aliphatic rings. The number of oxime groups is 1. The van der Waals surface area contributed by atoms with E-state index in [0.29, 0.717) is 22.2 Å². The molecule has 0 spiro atoms. The second kappa shape index (κ2) is 8.84. The molecular weight excluding hydrogens is 412 g/mol. The van der Waals surface area contributed by atoms with E-state index in [9.17, 15) is 19.5 Å². The number of amides is 1. The molecule has 9 heteroatoms. The summed E-state index contributed by atoms with van der Waals surface area (Å²) in [7, 11) is 0. The van der Waals surface area contributed by atoms with Crippen molar-refractivity contribution in [3.63, 3.8) is 0 Å². The number of carbonyl (C=O) groups is 2.